The van der Waals surface area contributed by atoms with E-state index in [1.807, 2.05) is 6.07 Å². The summed E-state index contributed by atoms with van der Waals surface area (Å²) >= 11 is 0. The lowest BCUT2D eigenvalue weighted by molar-refractivity contribution is -0.138. The minimum Gasteiger partial charge on any atom is -0.372 e. The molecule has 0 heterocycles. The summed E-state index contributed by atoms with van der Waals surface area (Å²) in [7, 11) is 3.03. The smallest absolute Gasteiger partial charge is 0.251 e. The van der Waals surface area contributed by atoms with E-state index < -0.39 is 6.10 Å². The van der Waals surface area contributed by atoms with Crippen molar-refractivity contribution in [3.8, 4) is 6.07 Å². The highest BCUT2D eigenvalue weighted by molar-refractivity contribution is 5.80. The zero-order valence-corrected chi connectivity index (χ0v) is 7.00. The van der Waals surface area contributed by atoms with E-state index in [-0.39, 0.29) is 12.5 Å². The number of nitrogens with zero attached hydrogens (tertiary/aromatic N) is 2. The fourth-order valence-corrected chi connectivity index (χ4v) is 0.595. The predicted molar refractivity (Wildman–Crippen MR) is 39.7 cm³/mol. The first-order chi connectivity index (χ1) is 5.13. The van der Waals surface area contributed by atoms with Crippen LogP contribution in [0, 0.1) is 11.3 Å². The molecule has 11 heavy (non-hydrogen) atoms. The second-order valence-corrected chi connectivity index (χ2v) is 2.23. The Morgan fingerprint density at radius 1 is 1.82 bits per heavy atom. The molecule has 62 valence electrons. The van der Waals surface area contributed by atoms with Crippen molar-refractivity contribution in [2.24, 2.45) is 0 Å². The summed E-state index contributed by atoms with van der Waals surface area (Å²) in [6.07, 6.45) is -0.464. The monoisotopic (exact) mass is 156 g/mol. The molecule has 0 saturated carbocycles. The number of carbonyl (C=O) groups is 1. The zero-order chi connectivity index (χ0) is 8.85. The molecule has 0 bridgehead atoms. The van der Waals surface area contributed by atoms with Crippen molar-refractivity contribution in [2.45, 2.75) is 13.0 Å². The number of rotatable bonds is 3. The molecule has 4 heteroatoms. The van der Waals surface area contributed by atoms with Crippen LogP contribution in [-0.4, -0.2) is 37.6 Å². The van der Waals surface area contributed by atoms with Crippen LogP contribution < -0.4 is 0 Å². The molecule has 1 amide bonds. The van der Waals surface area contributed by atoms with Gasteiger partial charge in [-0.1, -0.05) is 0 Å². The van der Waals surface area contributed by atoms with E-state index in [1.54, 1.807) is 14.0 Å². The average Bonchev–Trinajstić information content (AvgIpc) is 2.02. The number of ether oxygens (including phenoxy) is 1. The van der Waals surface area contributed by atoms with Gasteiger partial charge in [-0.15, -0.1) is 0 Å². The summed E-state index contributed by atoms with van der Waals surface area (Å²) < 4.78 is 4.78. The summed E-state index contributed by atoms with van der Waals surface area (Å²) in [6, 6.07) is 1.88. The fraction of sp³-hybridized carbons (Fsp3) is 0.714. The van der Waals surface area contributed by atoms with E-state index in [2.05, 4.69) is 0 Å². The first kappa shape index (κ1) is 9.92. The van der Waals surface area contributed by atoms with Crippen LogP contribution in [0.15, 0.2) is 0 Å². The molecule has 0 N–H and O–H groups in total. The normalized spacial score (nSPS) is 11.8. The molecule has 1 atom stereocenters. The van der Waals surface area contributed by atoms with Crippen molar-refractivity contribution >= 4 is 5.91 Å². The topological polar surface area (TPSA) is 53.3 Å². The lowest BCUT2D eigenvalue weighted by Crippen LogP contribution is -2.35. The van der Waals surface area contributed by atoms with Crippen molar-refractivity contribution in [3.05, 3.63) is 0 Å². The van der Waals surface area contributed by atoms with Crippen LogP contribution in [0.1, 0.15) is 6.92 Å². The van der Waals surface area contributed by atoms with Crippen molar-refractivity contribution < 1.29 is 9.53 Å². The number of likely N-dealkylation sites (N-methyl/N-ethyl adjacent to an activating group) is 1. The Balaban J connectivity index is 3.93. The highest BCUT2D eigenvalue weighted by atomic mass is 16.5. The van der Waals surface area contributed by atoms with E-state index in [0.717, 1.165) is 0 Å². The molecule has 4 nitrogen and oxygen atoms in total. The van der Waals surface area contributed by atoms with Gasteiger partial charge in [-0.2, -0.15) is 5.26 Å². The molecule has 1 unspecified atom stereocenters. The maximum absolute atomic E-state index is 11.1. The Labute approximate surface area is 66.4 Å². The molecule has 0 spiro atoms. The first-order valence-electron chi connectivity index (χ1n) is 3.28. The van der Waals surface area contributed by atoms with Crippen molar-refractivity contribution in [1.82, 2.24) is 4.90 Å². The number of hydrogen-bond donors (Lipinski definition) is 0. The minimum atomic E-state index is -0.464. The average molecular weight is 156 g/mol. The molecule has 0 aromatic carbocycles. The van der Waals surface area contributed by atoms with E-state index in [4.69, 9.17) is 10.00 Å². The highest BCUT2D eigenvalue weighted by Crippen LogP contribution is 1.93. The van der Waals surface area contributed by atoms with Crippen LogP contribution in [0.5, 0.6) is 0 Å². The Morgan fingerprint density at radius 2 is 2.36 bits per heavy atom. The molecule has 0 aliphatic heterocycles. The molecule has 0 fully saturated rings. The first-order valence-corrected chi connectivity index (χ1v) is 3.28. The minimum absolute atomic E-state index is 0.104. The van der Waals surface area contributed by atoms with Gasteiger partial charge in [0.05, 0.1) is 6.07 Å². The summed E-state index contributed by atoms with van der Waals surface area (Å²) in [5, 5.41) is 8.26. The van der Waals surface area contributed by atoms with Gasteiger partial charge in [0.25, 0.3) is 5.91 Å². The van der Waals surface area contributed by atoms with Gasteiger partial charge < -0.3 is 9.64 Å². The Hall–Kier alpha value is -1.08. The highest BCUT2D eigenvalue weighted by Gasteiger charge is 2.15. The van der Waals surface area contributed by atoms with Crippen molar-refractivity contribution in [3.63, 3.8) is 0 Å². The molecule has 0 aliphatic carbocycles. The summed E-state index contributed by atoms with van der Waals surface area (Å²) in [5.74, 6) is -0.172. The van der Waals surface area contributed by atoms with Gasteiger partial charge in [-0.3, -0.25) is 4.79 Å². The Morgan fingerprint density at radius 3 is 2.73 bits per heavy atom. The van der Waals surface area contributed by atoms with Gasteiger partial charge in [0.15, 0.2) is 0 Å². The van der Waals surface area contributed by atoms with Gasteiger partial charge in [0.1, 0.15) is 12.6 Å². The second kappa shape index (κ2) is 4.69. The van der Waals surface area contributed by atoms with Crippen LogP contribution >= 0.6 is 0 Å². The maximum Gasteiger partial charge on any atom is 0.251 e. The number of carbonyl (C=O) groups excluding carboxylic acids is 1. The molecule has 0 rings (SSSR count). The van der Waals surface area contributed by atoms with Crippen LogP contribution in [0.4, 0.5) is 0 Å². The summed E-state index contributed by atoms with van der Waals surface area (Å²) in [4.78, 5) is 12.4. The van der Waals surface area contributed by atoms with Crippen LogP contribution in [0.25, 0.3) is 0 Å². The molecule has 0 aromatic heterocycles. The van der Waals surface area contributed by atoms with E-state index >= 15 is 0 Å². The molecule has 0 radical (unpaired) electrons. The molecular formula is C7H12N2O2. The fourth-order valence-electron chi connectivity index (χ4n) is 0.595. The quantitative estimate of drug-likeness (QED) is 0.540. The third-order valence-corrected chi connectivity index (χ3v) is 1.39. The number of methoxy groups -OCH3 is 1. The second-order valence-electron chi connectivity index (χ2n) is 2.23. The molecular weight excluding hydrogens is 144 g/mol. The molecule has 0 aromatic rings. The van der Waals surface area contributed by atoms with Gasteiger partial charge >= 0.3 is 0 Å². The molecule has 0 saturated heterocycles. The van der Waals surface area contributed by atoms with Gasteiger partial charge in [-0.05, 0) is 6.92 Å². The van der Waals surface area contributed by atoms with Crippen molar-refractivity contribution in [2.75, 3.05) is 20.7 Å². The van der Waals surface area contributed by atoms with Crippen molar-refractivity contribution in [1.29, 1.82) is 5.26 Å². The molecule has 0 aliphatic rings. The van der Waals surface area contributed by atoms with E-state index in [9.17, 15) is 4.79 Å². The third-order valence-electron chi connectivity index (χ3n) is 1.39. The van der Waals surface area contributed by atoms with Crippen LogP contribution in [-0.2, 0) is 9.53 Å². The Bertz CT molecular complexity index is 174. The van der Waals surface area contributed by atoms with Gasteiger partial charge in [-0.25, -0.2) is 0 Å². The van der Waals surface area contributed by atoms with Crippen LogP contribution in [0.2, 0.25) is 0 Å². The van der Waals surface area contributed by atoms with Gasteiger partial charge in [0, 0.05) is 14.2 Å². The predicted octanol–water partition coefficient (Wildman–Crippen LogP) is 0.00328. The lowest BCUT2D eigenvalue weighted by atomic mass is 10.3. The standard InChI is InChI=1S/C7H12N2O2/c1-6(11-3)7(10)9(2)5-4-8/h6H,5H2,1-3H3. The Kier molecular flexibility index (Phi) is 4.23. The number of amides is 1. The zero-order valence-electron chi connectivity index (χ0n) is 7.00. The van der Waals surface area contributed by atoms with E-state index in [1.165, 1.54) is 12.0 Å². The SMILES string of the molecule is COC(C)C(=O)N(C)CC#N. The number of hydrogen-bond acceptors (Lipinski definition) is 3. The summed E-state index contributed by atoms with van der Waals surface area (Å²) in [5.41, 5.74) is 0. The number of nitriles is 1. The lowest BCUT2D eigenvalue weighted by Gasteiger charge is -2.16. The van der Waals surface area contributed by atoms with Gasteiger partial charge in [0.2, 0.25) is 0 Å². The summed E-state index contributed by atoms with van der Waals surface area (Å²) in [6.45, 7) is 1.75. The van der Waals surface area contributed by atoms with Crippen LogP contribution in [0.3, 0.4) is 0 Å². The third kappa shape index (κ3) is 3.01. The maximum atomic E-state index is 11.1. The van der Waals surface area contributed by atoms with E-state index in [0.29, 0.717) is 0 Å². The largest absolute Gasteiger partial charge is 0.372 e.